The fourth-order valence-electron chi connectivity index (χ4n) is 8.81. The van der Waals surface area contributed by atoms with E-state index in [1.165, 1.54) is 18.2 Å². The molecule has 2 aromatic heterocycles. The summed E-state index contributed by atoms with van der Waals surface area (Å²) in [5.74, 6) is 2.46. The number of nitrogens with one attached hydrogen (secondary N) is 2. The predicted octanol–water partition coefficient (Wildman–Crippen LogP) is 15.5. The van der Waals surface area contributed by atoms with Crippen molar-refractivity contribution in [1.82, 2.24) is 19.8 Å². The molecule has 8 aromatic carbocycles. The minimum Gasteiger partial charge on any atom is -0.457 e. The van der Waals surface area contributed by atoms with Gasteiger partial charge in [-0.3, -0.25) is 9.80 Å². The summed E-state index contributed by atoms with van der Waals surface area (Å²) in [7, 11) is 8.26. The molecule has 2 unspecified atom stereocenters. The van der Waals surface area contributed by atoms with Crippen LogP contribution in [0.2, 0.25) is 5.02 Å². The third-order valence-corrected chi connectivity index (χ3v) is 12.0. The highest BCUT2D eigenvalue weighted by Gasteiger charge is 2.27. The van der Waals surface area contributed by atoms with Crippen molar-refractivity contribution in [2.45, 2.75) is 12.1 Å². The molecule has 0 radical (unpaired) electrons. The first-order valence-electron chi connectivity index (χ1n) is 22.0. The smallest absolute Gasteiger partial charge is 0.141 e. The van der Waals surface area contributed by atoms with Gasteiger partial charge >= 0.3 is 0 Å². The lowest BCUT2D eigenvalue weighted by molar-refractivity contribution is 0.343. The highest BCUT2D eigenvalue weighted by Crippen LogP contribution is 2.43. The number of para-hydroxylation sites is 4. The van der Waals surface area contributed by atoms with E-state index in [1.54, 1.807) is 12.1 Å². The first-order chi connectivity index (χ1) is 32.6. The van der Waals surface area contributed by atoms with Crippen molar-refractivity contribution < 1.29 is 18.3 Å². The zero-order valence-electron chi connectivity index (χ0n) is 37.6. The van der Waals surface area contributed by atoms with Crippen LogP contribution in [-0.4, -0.2) is 48.0 Å². The Hall–Kier alpha value is -7.49. The summed E-state index contributed by atoms with van der Waals surface area (Å²) in [6.45, 7) is 0. The van der Waals surface area contributed by atoms with Crippen molar-refractivity contribution in [3.8, 4) is 45.5 Å². The molecule has 67 heavy (non-hydrogen) atoms. The molecule has 2 N–H and O–H groups in total. The average Bonchev–Trinajstić information content (AvgIpc) is 3.90. The number of hydrogen-bond donors (Lipinski definition) is 2. The lowest BCUT2D eigenvalue weighted by Gasteiger charge is -2.27. The van der Waals surface area contributed by atoms with Gasteiger partial charge < -0.3 is 19.4 Å². The van der Waals surface area contributed by atoms with Crippen LogP contribution in [0, 0.1) is 11.6 Å². The summed E-state index contributed by atoms with van der Waals surface area (Å²) in [5.41, 5.74) is 10.2. The van der Waals surface area contributed by atoms with E-state index < -0.39 is 5.82 Å². The fourth-order valence-corrected chi connectivity index (χ4v) is 8.99. The van der Waals surface area contributed by atoms with Crippen LogP contribution in [0.25, 0.3) is 44.3 Å². The van der Waals surface area contributed by atoms with Crippen LogP contribution in [-0.2, 0) is 0 Å². The molecule has 0 amide bonds. The van der Waals surface area contributed by atoms with E-state index in [1.807, 2.05) is 115 Å². The summed E-state index contributed by atoms with van der Waals surface area (Å²) in [5, 5.41) is 2.35. The molecule has 0 saturated carbocycles. The number of halogens is 3. The third-order valence-electron chi connectivity index (χ3n) is 11.7. The SMILES string of the molecule is CN(C)C(c1cccc(Oc2ccccc2)c1)c1c(-c2ccc(F)c(Cl)c2)[nH]c2ccccc12.CN(C)C(c1cccc(Oc2ccccc2)c1)c1c(-c2ccc(F)cc2)[nH]c2ccccc12. The maximum absolute atomic E-state index is 13.9. The van der Waals surface area contributed by atoms with Gasteiger partial charge in [-0.1, -0.05) is 109 Å². The molecule has 2 heterocycles. The maximum Gasteiger partial charge on any atom is 0.141 e. The fraction of sp³-hybridized carbons (Fsp3) is 0.103. The number of H-pyrrole nitrogens is 2. The molecule has 2 atom stereocenters. The largest absolute Gasteiger partial charge is 0.457 e. The molecule has 6 nitrogen and oxygen atoms in total. The summed E-state index contributed by atoms with van der Waals surface area (Å²) in [4.78, 5) is 11.5. The molecule has 334 valence electrons. The molecular weight excluding hydrogens is 858 g/mol. The number of ether oxygens (including phenoxy) is 2. The lowest BCUT2D eigenvalue weighted by Crippen LogP contribution is -2.21. The van der Waals surface area contributed by atoms with Crippen LogP contribution in [0.5, 0.6) is 23.0 Å². The number of benzene rings is 8. The van der Waals surface area contributed by atoms with Gasteiger partial charge in [0.1, 0.15) is 34.6 Å². The van der Waals surface area contributed by atoms with Crippen molar-refractivity contribution in [2.75, 3.05) is 28.2 Å². The van der Waals surface area contributed by atoms with Gasteiger partial charge in [0.25, 0.3) is 0 Å². The third kappa shape index (κ3) is 9.88. The molecule has 0 aliphatic rings. The van der Waals surface area contributed by atoms with Crippen LogP contribution < -0.4 is 9.47 Å². The van der Waals surface area contributed by atoms with Gasteiger partial charge in [-0.15, -0.1) is 0 Å². The van der Waals surface area contributed by atoms with Gasteiger partial charge in [0.15, 0.2) is 0 Å². The molecule has 9 heteroatoms. The quantitative estimate of drug-likeness (QED) is 0.128. The number of aromatic amines is 2. The highest BCUT2D eigenvalue weighted by molar-refractivity contribution is 6.31. The second kappa shape index (κ2) is 19.9. The number of rotatable bonds is 12. The molecule has 0 saturated heterocycles. The van der Waals surface area contributed by atoms with Gasteiger partial charge in [0, 0.05) is 32.9 Å². The van der Waals surface area contributed by atoms with E-state index in [-0.39, 0.29) is 22.9 Å². The summed E-state index contributed by atoms with van der Waals surface area (Å²) >= 11 is 6.16. The van der Waals surface area contributed by atoms with E-state index in [2.05, 4.69) is 103 Å². The van der Waals surface area contributed by atoms with Crippen molar-refractivity contribution in [2.24, 2.45) is 0 Å². The van der Waals surface area contributed by atoms with E-state index in [0.29, 0.717) is 0 Å². The molecule has 0 bridgehead atoms. The first kappa shape index (κ1) is 44.7. The number of nitrogens with zero attached hydrogens (tertiary/aromatic N) is 2. The standard InChI is InChI=1S/C29H24ClFN2O.C29H25FN2O/c1-33(2)29(20-9-8-12-22(17-20)34-21-10-4-3-5-11-21)27-23-13-6-7-14-26(23)32-28(27)19-15-16-25(31)24(30)18-19;1-32(2)29(21-9-8-12-24(19-21)33-23-10-4-3-5-11-23)27-25-13-6-7-14-26(25)31-28(27)20-15-17-22(30)18-16-20/h3-18,29,32H,1-2H3;3-19,29,31H,1-2H3. The van der Waals surface area contributed by atoms with E-state index >= 15 is 0 Å². The predicted molar refractivity (Wildman–Crippen MR) is 269 cm³/mol. The molecule has 0 spiro atoms. The topological polar surface area (TPSA) is 56.5 Å². The number of hydrogen-bond acceptors (Lipinski definition) is 4. The molecule has 0 aliphatic heterocycles. The van der Waals surface area contributed by atoms with Crippen molar-refractivity contribution in [1.29, 1.82) is 0 Å². The second-order valence-corrected chi connectivity index (χ2v) is 17.2. The van der Waals surface area contributed by atoms with Gasteiger partial charge in [0.2, 0.25) is 0 Å². The zero-order chi connectivity index (χ0) is 46.4. The Kier molecular flexibility index (Phi) is 13.3. The van der Waals surface area contributed by atoms with Crippen molar-refractivity contribution in [3.63, 3.8) is 0 Å². The maximum atomic E-state index is 13.9. The van der Waals surface area contributed by atoms with Gasteiger partial charge in [-0.25, -0.2) is 8.78 Å². The van der Waals surface area contributed by atoms with Crippen LogP contribution in [0.15, 0.2) is 200 Å². The van der Waals surface area contributed by atoms with Crippen LogP contribution in [0.1, 0.15) is 34.3 Å². The Balaban J connectivity index is 0.000000168. The number of fused-ring (bicyclic) bond motifs is 2. The van der Waals surface area contributed by atoms with Crippen molar-refractivity contribution >= 4 is 33.4 Å². The molecule has 10 rings (SSSR count). The van der Waals surface area contributed by atoms with Crippen LogP contribution in [0.3, 0.4) is 0 Å². The van der Waals surface area contributed by atoms with Gasteiger partial charge in [-0.2, -0.15) is 0 Å². The average molecular weight is 908 g/mol. The minimum atomic E-state index is -0.432. The highest BCUT2D eigenvalue weighted by atomic mass is 35.5. The molecular formula is C58H49ClF2N4O2. The second-order valence-electron chi connectivity index (χ2n) is 16.8. The molecule has 10 aromatic rings. The van der Waals surface area contributed by atoms with Gasteiger partial charge in [0.05, 0.1) is 28.5 Å². The summed E-state index contributed by atoms with van der Waals surface area (Å²) in [6, 6.07) is 63.7. The van der Waals surface area contributed by atoms with Crippen molar-refractivity contribution in [3.05, 3.63) is 239 Å². The van der Waals surface area contributed by atoms with E-state index in [0.717, 1.165) is 89.6 Å². The Labute approximate surface area is 394 Å². The van der Waals surface area contributed by atoms with Gasteiger partial charge in [-0.05, 0) is 154 Å². The summed E-state index contributed by atoms with van der Waals surface area (Å²) in [6.07, 6.45) is 0. The Morgan fingerprint density at radius 1 is 0.433 bits per heavy atom. The monoisotopic (exact) mass is 906 g/mol. The Morgan fingerprint density at radius 3 is 1.31 bits per heavy atom. The molecule has 0 aliphatic carbocycles. The first-order valence-corrected chi connectivity index (χ1v) is 22.4. The van der Waals surface area contributed by atoms with Crippen LogP contribution >= 0.6 is 11.6 Å². The minimum absolute atomic E-state index is 0.0412. The summed E-state index contributed by atoms with van der Waals surface area (Å²) < 4.78 is 39.8. The Bertz CT molecular complexity index is 3260. The normalized spacial score (nSPS) is 12.3. The van der Waals surface area contributed by atoms with E-state index in [9.17, 15) is 8.78 Å². The lowest BCUT2D eigenvalue weighted by atomic mass is 9.92. The Morgan fingerprint density at radius 2 is 0.851 bits per heavy atom. The molecule has 0 fully saturated rings. The number of aromatic nitrogens is 2. The zero-order valence-corrected chi connectivity index (χ0v) is 38.3. The van der Waals surface area contributed by atoms with E-state index in [4.69, 9.17) is 21.1 Å². The van der Waals surface area contributed by atoms with Crippen LogP contribution in [0.4, 0.5) is 8.78 Å².